The van der Waals surface area contributed by atoms with Gasteiger partial charge in [-0.25, -0.2) is 0 Å². The quantitative estimate of drug-likeness (QED) is 0.779. The van der Waals surface area contributed by atoms with Crippen LogP contribution in [0.1, 0.15) is 32.1 Å². The largest absolute Gasteiger partial charge is 0.310 e. The first-order chi connectivity index (χ1) is 7.18. The van der Waals surface area contributed by atoms with E-state index in [0.717, 1.165) is 18.0 Å². The first-order valence-electron chi connectivity index (χ1n) is 5.08. The zero-order valence-corrected chi connectivity index (χ0v) is 8.96. The highest BCUT2D eigenvalue weighted by Crippen LogP contribution is 2.11. The summed E-state index contributed by atoms with van der Waals surface area (Å²) in [6, 6.07) is 0.323. The molecule has 2 N–H and O–H groups in total. The molecule has 0 amide bonds. The molecule has 5 nitrogen and oxygen atoms in total. The van der Waals surface area contributed by atoms with Gasteiger partial charge in [0.05, 0.1) is 0 Å². The van der Waals surface area contributed by atoms with Gasteiger partial charge in [0.25, 0.3) is 0 Å². The summed E-state index contributed by atoms with van der Waals surface area (Å²) in [5.41, 5.74) is 6.58. The molecule has 0 aromatic carbocycles. The summed E-state index contributed by atoms with van der Waals surface area (Å²) >= 11 is 0. The van der Waals surface area contributed by atoms with Gasteiger partial charge in [-0.2, -0.15) is 0 Å². The third-order valence-corrected chi connectivity index (χ3v) is 2.32. The average Bonchev–Trinajstić information content (AvgIpc) is 2.65. The van der Waals surface area contributed by atoms with Crippen LogP contribution < -0.4 is 5.73 Å². The Bertz CT molecular complexity index is 402. The summed E-state index contributed by atoms with van der Waals surface area (Å²) in [6.07, 6.45) is 6.33. The zero-order chi connectivity index (χ0) is 10.8. The molecule has 0 radical (unpaired) electrons. The third kappa shape index (κ3) is 1.97. The van der Waals surface area contributed by atoms with E-state index in [9.17, 15) is 0 Å². The smallest absolute Gasteiger partial charge is 0.182 e. The van der Waals surface area contributed by atoms with Crippen molar-refractivity contribution in [3.05, 3.63) is 24.3 Å². The van der Waals surface area contributed by atoms with Gasteiger partial charge in [0, 0.05) is 12.5 Å². The van der Waals surface area contributed by atoms with Crippen molar-refractivity contribution in [1.82, 2.24) is 14.8 Å². The number of hydrogen-bond donors (Lipinski definition) is 1. The second kappa shape index (κ2) is 3.94. The van der Waals surface area contributed by atoms with Crippen LogP contribution in [0.15, 0.2) is 23.5 Å². The number of nitrogens with zero attached hydrogens (tertiary/aromatic N) is 4. The molecule has 1 aliphatic heterocycles. The molecule has 0 saturated heterocycles. The molecule has 0 fully saturated rings. The van der Waals surface area contributed by atoms with Crippen molar-refractivity contribution in [3.63, 3.8) is 0 Å². The summed E-state index contributed by atoms with van der Waals surface area (Å²) in [4.78, 5) is 4.35. The maximum Gasteiger partial charge on any atom is 0.182 e. The van der Waals surface area contributed by atoms with Crippen LogP contribution >= 0.6 is 0 Å². The van der Waals surface area contributed by atoms with Crippen molar-refractivity contribution in [3.8, 4) is 0 Å². The summed E-state index contributed by atoms with van der Waals surface area (Å²) in [6.45, 7) is 4.17. The molecular weight excluding hydrogens is 190 g/mol. The number of allylic oxidation sites excluding steroid dienone is 1. The molecule has 0 saturated carbocycles. The van der Waals surface area contributed by atoms with Gasteiger partial charge < -0.3 is 10.3 Å². The van der Waals surface area contributed by atoms with E-state index in [-0.39, 0.29) is 6.17 Å². The van der Waals surface area contributed by atoms with Crippen LogP contribution in [0, 0.1) is 0 Å². The highest BCUT2D eigenvalue weighted by Gasteiger charge is 2.14. The number of nitrogens with two attached hydrogens (primary N) is 1. The normalized spacial score (nSPS) is 20.8. The number of aromatic nitrogens is 3. The molecule has 2 heterocycles. The van der Waals surface area contributed by atoms with Crippen LogP contribution in [0.25, 0.3) is 0 Å². The molecule has 1 unspecified atom stereocenters. The molecule has 15 heavy (non-hydrogen) atoms. The van der Waals surface area contributed by atoms with Crippen LogP contribution in [0.5, 0.6) is 0 Å². The van der Waals surface area contributed by atoms with Crippen LogP contribution in [0.4, 0.5) is 0 Å². The summed E-state index contributed by atoms with van der Waals surface area (Å²) in [7, 11) is 0. The lowest BCUT2D eigenvalue weighted by Crippen LogP contribution is -2.23. The van der Waals surface area contributed by atoms with Crippen LogP contribution in [-0.2, 0) is 0 Å². The Balaban J connectivity index is 2.37. The minimum atomic E-state index is -0.151. The monoisotopic (exact) mass is 205 g/mol. The van der Waals surface area contributed by atoms with Gasteiger partial charge in [0.15, 0.2) is 5.82 Å². The molecule has 2 rings (SSSR count). The predicted octanol–water partition coefficient (Wildman–Crippen LogP) is 0.893. The fraction of sp³-hybridized carbons (Fsp3) is 0.500. The Hall–Kier alpha value is -1.49. The first kappa shape index (κ1) is 10.0. The molecule has 1 aromatic heterocycles. The van der Waals surface area contributed by atoms with Gasteiger partial charge in [-0.1, -0.05) is 6.08 Å². The fourth-order valence-electron chi connectivity index (χ4n) is 1.53. The summed E-state index contributed by atoms with van der Waals surface area (Å²) < 4.78 is 1.99. The van der Waals surface area contributed by atoms with E-state index in [2.05, 4.69) is 29.0 Å². The van der Waals surface area contributed by atoms with Crippen LogP contribution in [0.2, 0.25) is 0 Å². The summed E-state index contributed by atoms with van der Waals surface area (Å²) in [5.74, 6) is 0.788. The van der Waals surface area contributed by atoms with E-state index in [0.29, 0.717) is 6.04 Å². The Kier molecular flexibility index (Phi) is 2.64. The lowest BCUT2D eigenvalue weighted by Gasteiger charge is -2.14. The minimum absolute atomic E-state index is 0.151. The molecule has 1 aromatic rings. The molecule has 1 atom stereocenters. The van der Waals surface area contributed by atoms with Crippen LogP contribution in [-0.4, -0.2) is 26.6 Å². The number of aliphatic imine (C=N–C) groups is 1. The summed E-state index contributed by atoms with van der Waals surface area (Å²) in [5, 5.41) is 7.97. The Morgan fingerprint density at radius 2 is 2.33 bits per heavy atom. The zero-order valence-electron chi connectivity index (χ0n) is 8.96. The Morgan fingerprint density at radius 1 is 1.53 bits per heavy atom. The molecular formula is C10H15N5. The third-order valence-electron chi connectivity index (χ3n) is 2.32. The van der Waals surface area contributed by atoms with E-state index in [1.165, 1.54) is 0 Å². The van der Waals surface area contributed by atoms with E-state index in [4.69, 9.17) is 5.73 Å². The second-order valence-electron chi connectivity index (χ2n) is 3.88. The maximum atomic E-state index is 5.76. The molecule has 0 bridgehead atoms. The number of dihydropyridines is 1. The molecule has 80 valence electrons. The lowest BCUT2D eigenvalue weighted by molar-refractivity contribution is 0.592. The van der Waals surface area contributed by atoms with E-state index >= 15 is 0 Å². The van der Waals surface area contributed by atoms with Gasteiger partial charge in [0.2, 0.25) is 0 Å². The first-order valence-corrected chi connectivity index (χ1v) is 5.08. The lowest BCUT2D eigenvalue weighted by atomic mass is 10.2. The highest BCUT2D eigenvalue weighted by molar-refractivity contribution is 6.06. The Labute approximate surface area is 88.7 Å². The van der Waals surface area contributed by atoms with Gasteiger partial charge in [0.1, 0.15) is 18.2 Å². The van der Waals surface area contributed by atoms with Crippen LogP contribution in [0.3, 0.4) is 0 Å². The average molecular weight is 205 g/mol. The maximum absolute atomic E-state index is 5.76. The van der Waals surface area contributed by atoms with Crippen molar-refractivity contribution in [2.24, 2.45) is 10.7 Å². The van der Waals surface area contributed by atoms with E-state index in [1.54, 1.807) is 6.33 Å². The molecule has 5 heteroatoms. The standard InChI is InChI=1S/C10H15N5/c1-7(2)15-6-12-14-10(15)8-4-3-5-9(11)13-8/h3-4,6-7,9H,5,11H2,1-2H3. The number of hydrogen-bond acceptors (Lipinski definition) is 4. The van der Waals surface area contributed by atoms with Crippen molar-refractivity contribution in [2.75, 3.05) is 0 Å². The molecule has 0 spiro atoms. The Morgan fingerprint density at radius 3 is 3.00 bits per heavy atom. The number of rotatable bonds is 2. The SMILES string of the molecule is CC(C)n1cnnc1C1=NC(N)CC=C1. The molecule has 1 aliphatic rings. The van der Waals surface area contributed by atoms with Crippen molar-refractivity contribution in [2.45, 2.75) is 32.5 Å². The van der Waals surface area contributed by atoms with Crippen molar-refractivity contribution < 1.29 is 0 Å². The topological polar surface area (TPSA) is 69.1 Å². The molecule has 0 aliphatic carbocycles. The van der Waals surface area contributed by atoms with Gasteiger partial charge in [-0.15, -0.1) is 10.2 Å². The van der Waals surface area contributed by atoms with Gasteiger partial charge >= 0.3 is 0 Å². The minimum Gasteiger partial charge on any atom is -0.310 e. The predicted molar refractivity (Wildman–Crippen MR) is 58.7 cm³/mol. The highest BCUT2D eigenvalue weighted by atomic mass is 15.3. The van der Waals surface area contributed by atoms with E-state index in [1.807, 2.05) is 16.7 Å². The van der Waals surface area contributed by atoms with Gasteiger partial charge in [-0.3, -0.25) is 4.99 Å². The second-order valence-corrected chi connectivity index (χ2v) is 3.88. The van der Waals surface area contributed by atoms with Gasteiger partial charge in [-0.05, 0) is 19.9 Å². The van der Waals surface area contributed by atoms with E-state index < -0.39 is 0 Å². The van der Waals surface area contributed by atoms with Crippen molar-refractivity contribution in [1.29, 1.82) is 0 Å². The van der Waals surface area contributed by atoms with Crippen molar-refractivity contribution >= 4 is 5.71 Å². The fourth-order valence-corrected chi connectivity index (χ4v) is 1.53.